The molecule has 0 aliphatic heterocycles. The van der Waals surface area contributed by atoms with Crippen molar-refractivity contribution in [1.29, 1.82) is 0 Å². The Balaban J connectivity index is 1.17. The maximum atomic E-state index is 6.43. The van der Waals surface area contributed by atoms with Crippen LogP contribution in [0.1, 0.15) is 0 Å². The molecule has 0 atom stereocenters. The van der Waals surface area contributed by atoms with Gasteiger partial charge in [0.25, 0.3) is 0 Å². The lowest BCUT2D eigenvalue weighted by atomic mass is 10.0. The van der Waals surface area contributed by atoms with Gasteiger partial charge in [0.2, 0.25) is 0 Å². The molecule has 0 aliphatic carbocycles. The van der Waals surface area contributed by atoms with E-state index in [9.17, 15) is 0 Å². The first-order chi connectivity index (χ1) is 24.8. The quantitative estimate of drug-likeness (QED) is 0.183. The number of fused-ring (bicyclic) bond motifs is 6. The van der Waals surface area contributed by atoms with E-state index in [1.165, 1.54) is 0 Å². The van der Waals surface area contributed by atoms with Crippen LogP contribution in [0.5, 0.6) is 0 Å². The topological polar surface area (TPSA) is 77.6 Å². The zero-order valence-corrected chi connectivity index (χ0v) is 27.3. The highest BCUT2D eigenvalue weighted by atomic mass is 32.1. The van der Waals surface area contributed by atoms with E-state index in [4.69, 9.17) is 29.3 Å². The summed E-state index contributed by atoms with van der Waals surface area (Å²) in [5.74, 6) is 2.59. The molecule has 0 spiro atoms. The van der Waals surface area contributed by atoms with E-state index in [-0.39, 0.29) is 0 Å². The minimum Gasteiger partial charge on any atom is -0.452 e. The Labute approximate surface area is 290 Å². The van der Waals surface area contributed by atoms with E-state index < -0.39 is 0 Å². The second kappa shape index (κ2) is 11.5. The van der Waals surface area contributed by atoms with Crippen LogP contribution in [0.25, 0.3) is 99.1 Å². The lowest BCUT2D eigenvalue weighted by molar-refractivity contribution is 0.667. The van der Waals surface area contributed by atoms with Crippen molar-refractivity contribution >= 4 is 53.6 Å². The third-order valence-corrected chi connectivity index (χ3v) is 10.2. The summed E-state index contributed by atoms with van der Waals surface area (Å²) in [5, 5.41) is 3.28. The van der Waals surface area contributed by atoms with Gasteiger partial charge in [0.1, 0.15) is 16.8 Å². The Bertz CT molecular complexity index is 2810. The molecule has 7 heteroatoms. The van der Waals surface area contributed by atoms with Crippen molar-refractivity contribution in [3.05, 3.63) is 152 Å². The van der Waals surface area contributed by atoms with E-state index in [0.29, 0.717) is 28.9 Å². The number of aromatic nitrogens is 5. The Morgan fingerprint density at radius 1 is 0.420 bits per heavy atom. The minimum atomic E-state index is 0.641. The van der Waals surface area contributed by atoms with Gasteiger partial charge in [-0.2, -0.15) is 0 Å². The molecule has 4 aromatic heterocycles. The monoisotopic (exact) mass is 659 g/mol. The molecule has 0 saturated heterocycles. The predicted molar refractivity (Wildman–Crippen MR) is 203 cm³/mol. The molecule has 0 unspecified atom stereocenters. The van der Waals surface area contributed by atoms with Crippen LogP contribution in [-0.2, 0) is 0 Å². The molecule has 0 fully saturated rings. The number of furan rings is 1. The van der Waals surface area contributed by atoms with Crippen LogP contribution in [0.3, 0.4) is 0 Å². The third-order valence-electron chi connectivity index (χ3n) is 8.96. The number of benzene rings is 6. The van der Waals surface area contributed by atoms with Crippen molar-refractivity contribution < 1.29 is 4.42 Å². The van der Waals surface area contributed by atoms with Crippen molar-refractivity contribution in [3.63, 3.8) is 0 Å². The van der Waals surface area contributed by atoms with Gasteiger partial charge in [0, 0.05) is 53.4 Å². The molecule has 6 aromatic carbocycles. The smallest absolute Gasteiger partial charge is 0.180 e. The first kappa shape index (κ1) is 28.4. The highest BCUT2D eigenvalue weighted by Crippen LogP contribution is 2.42. The van der Waals surface area contributed by atoms with Crippen molar-refractivity contribution in [1.82, 2.24) is 24.9 Å². The molecular weight excluding hydrogens is 635 g/mol. The summed E-state index contributed by atoms with van der Waals surface area (Å²) in [5.41, 5.74) is 7.81. The van der Waals surface area contributed by atoms with Gasteiger partial charge in [0.05, 0.1) is 0 Å². The Hall–Kier alpha value is -6.57. The first-order valence-electron chi connectivity index (χ1n) is 16.3. The lowest BCUT2D eigenvalue weighted by Gasteiger charge is -2.09. The molecule has 10 rings (SSSR count). The van der Waals surface area contributed by atoms with Gasteiger partial charge in [-0.15, -0.1) is 11.3 Å². The highest BCUT2D eigenvalue weighted by Gasteiger charge is 2.20. The number of hydrogen-bond acceptors (Lipinski definition) is 7. The number of thiophene rings is 1. The van der Waals surface area contributed by atoms with Crippen molar-refractivity contribution in [3.8, 4) is 56.8 Å². The molecule has 4 heterocycles. The zero-order valence-electron chi connectivity index (χ0n) is 26.5. The summed E-state index contributed by atoms with van der Waals surface area (Å²) in [6.07, 6.45) is 0. The molecule has 234 valence electrons. The van der Waals surface area contributed by atoms with Crippen LogP contribution in [0, 0.1) is 0 Å². The Morgan fingerprint density at radius 3 is 1.68 bits per heavy atom. The SMILES string of the molecule is c1ccc(-c2nc(-c3ccccc3)nc(-c3cccc4c3sc3cc(-c5nc(-c6ccccc6)nc6c5oc5ccccc56)ccc34)n2)cc1. The van der Waals surface area contributed by atoms with Crippen LogP contribution < -0.4 is 0 Å². The molecular formula is C43H25N5OS. The molecule has 10 aromatic rings. The zero-order chi connectivity index (χ0) is 33.0. The van der Waals surface area contributed by atoms with Crippen molar-refractivity contribution in [2.24, 2.45) is 0 Å². The highest BCUT2D eigenvalue weighted by molar-refractivity contribution is 7.26. The molecule has 6 nitrogen and oxygen atoms in total. The van der Waals surface area contributed by atoms with E-state index >= 15 is 0 Å². The summed E-state index contributed by atoms with van der Waals surface area (Å²) in [7, 11) is 0. The summed E-state index contributed by atoms with van der Waals surface area (Å²) < 4.78 is 8.68. The Morgan fingerprint density at radius 2 is 1.00 bits per heavy atom. The van der Waals surface area contributed by atoms with Crippen molar-refractivity contribution in [2.45, 2.75) is 0 Å². The van der Waals surface area contributed by atoms with Crippen LogP contribution in [-0.4, -0.2) is 24.9 Å². The summed E-state index contributed by atoms with van der Waals surface area (Å²) >= 11 is 1.73. The standard InChI is InChI=1S/C43H25N5OS/c1-4-13-26(14-5-1)40-44-36(38-37(45-40)32-19-10-11-22-34(32)49-38)29-23-24-30-31-20-12-21-33(39(31)50-35(30)25-29)43-47-41(27-15-6-2-7-16-27)46-42(48-43)28-17-8-3-9-18-28/h1-25H. The summed E-state index contributed by atoms with van der Waals surface area (Å²) in [4.78, 5) is 25.1. The second-order valence-corrected chi connectivity index (χ2v) is 13.1. The minimum absolute atomic E-state index is 0.641. The van der Waals surface area contributed by atoms with E-state index in [0.717, 1.165) is 70.2 Å². The maximum absolute atomic E-state index is 6.43. The fraction of sp³-hybridized carbons (Fsp3) is 0. The van der Waals surface area contributed by atoms with Gasteiger partial charge in [0.15, 0.2) is 28.9 Å². The number of hydrogen-bond donors (Lipinski definition) is 0. The van der Waals surface area contributed by atoms with Crippen LogP contribution in [0.2, 0.25) is 0 Å². The third kappa shape index (κ3) is 4.75. The molecule has 0 amide bonds. The van der Waals surface area contributed by atoms with Gasteiger partial charge >= 0.3 is 0 Å². The molecule has 0 N–H and O–H groups in total. The number of rotatable bonds is 5. The second-order valence-electron chi connectivity index (χ2n) is 12.1. The van der Waals surface area contributed by atoms with E-state index in [1.54, 1.807) is 11.3 Å². The lowest BCUT2D eigenvalue weighted by Crippen LogP contribution is -2.00. The fourth-order valence-electron chi connectivity index (χ4n) is 6.55. The molecule has 0 saturated carbocycles. The maximum Gasteiger partial charge on any atom is 0.180 e. The van der Waals surface area contributed by atoms with Gasteiger partial charge in [-0.25, -0.2) is 24.9 Å². The number of nitrogens with zero attached hydrogens (tertiary/aromatic N) is 5. The van der Waals surface area contributed by atoms with Gasteiger partial charge in [-0.05, 0) is 24.3 Å². The Kier molecular flexibility index (Phi) is 6.57. The average molecular weight is 660 g/mol. The van der Waals surface area contributed by atoms with E-state index in [2.05, 4.69) is 42.5 Å². The van der Waals surface area contributed by atoms with E-state index in [1.807, 2.05) is 109 Å². The van der Waals surface area contributed by atoms with Crippen molar-refractivity contribution in [2.75, 3.05) is 0 Å². The molecule has 0 radical (unpaired) electrons. The fourth-order valence-corrected chi connectivity index (χ4v) is 7.80. The largest absolute Gasteiger partial charge is 0.452 e. The average Bonchev–Trinajstić information content (AvgIpc) is 3.76. The molecule has 0 bridgehead atoms. The van der Waals surface area contributed by atoms with Gasteiger partial charge < -0.3 is 4.42 Å². The normalized spacial score (nSPS) is 11.6. The first-order valence-corrected chi connectivity index (χ1v) is 17.2. The summed E-state index contributed by atoms with van der Waals surface area (Å²) in [6.45, 7) is 0. The summed E-state index contributed by atoms with van der Waals surface area (Å²) in [6, 6.07) is 51.2. The van der Waals surface area contributed by atoms with Gasteiger partial charge in [-0.1, -0.05) is 127 Å². The molecule has 50 heavy (non-hydrogen) atoms. The van der Waals surface area contributed by atoms with Crippen LogP contribution in [0.15, 0.2) is 156 Å². The predicted octanol–water partition coefficient (Wildman–Crippen LogP) is 11.3. The van der Waals surface area contributed by atoms with Crippen LogP contribution >= 0.6 is 11.3 Å². The van der Waals surface area contributed by atoms with Gasteiger partial charge in [-0.3, -0.25) is 0 Å². The number of para-hydroxylation sites is 1. The van der Waals surface area contributed by atoms with Crippen LogP contribution in [0.4, 0.5) is 0 Å². The molecule has 0 aliphatic rings.